The van der Waals surface area contributed by atoms with Crippen molar-refractivity contribution in [2.24, 2.45) is 0 Å². The minimum Gasteiger partial charge on any atom is -0.301 e. The van der Waals surface area contributed by atoms with Crippen molar-refractivity contribution in [2.45, 2.75) is 5.16 Å². The molecule has 0 amide bonds. The van der Waals surface area contributed by atoms with Gasteiger partial charge in [-0.15, -0.1) is 0 Å². The van der Waals surface area contributed by atoms with E-state index >= 15 is 0 Å². The van der Waals surface area contributed by atoms with E-state index in [0.29, 0.717) is 5.16 Å². The highest BCUT2D eigenvalue weighted by Crippen LogP contribution is 2.04. The molecule has 4 heteroatoms. The van der Waals surface area contributed by atoms with Gasteiger partial charge in [0.1, 0.15) is 0 Å². The number of hydrogen-bond donors (Lipinski definition) is 1. The van der Waals surface area contributed by atoms with Crippen molar-refractivity contribution in [1.82, 2.24) is 9.97 Å². The zero-order valence-electron chi connectivity index (χ0n) is 4.63. The molecule has 47 valence electrons. The van der Waals surface area contributed by atoms with Gasteiger partial charge in [-0.05, 0) is 0 Å². The van der Waals surface area contributed by atoms with Crippen LogP contribution in [-0.2, 0) is 0 Å². The smallest absolute Gasteiger partial charge is 0.251 e. The van der Waals surface area contributed by atoms with Crippen LogP contribution in [0.25, 0.3) is 0 Å². The third-order valence-electron chi connectivity index (χ3n) is 0.785. The standard InChI is InChI=1S/C5H5N2OS/c1-9-5-6-3-2-4(8)7-5/h2-3H,1H2,(H,6,7,8). The zero-order chi connectivity index (χ0) is 6.69. The zero-order valence-corrected chi connectivity index (χ0v) is 5.44. The number of aromatic nitrogens is 2. The van der Waals surface area contributed by atoms with E-state index < -0.39 is 0 Å². The van der Waals surface area contributed by atoms with Gasteiger partial charge in [-0.2, -0.15) is 0 Å². The summed E-state index contributed by atoms with van der Waals surface area (Å²) < 4.78 is 0. The molecule has 1 rings (SSSR count). The third kappa shape index (κ3) is 1.57. The highest BCUT2D eigenvalue weighted by molar-refractivity contribution is 8.00. The molecule has 0 saturated carbocycles. The number of nitrogens with one attached hydrogen (secondary N) is 1. The second-order valence-corrected chi connectivity index (χ2v) is 2.06. The van der Waals surface area contributed by atoms with Crippen molar-refractivity contribution in [1.29, 1.82) is 0 Å². The summed E-state index contributed by atoms with van der Waals surface area (Å²) in [5, 5.41) is 0.544. The Bertz CT molecular complexity index is 245. The van der Waals surface area contributed by atoms with Gasteiger partial charge in [-0.3, -0.25) is 4.79 Å². The van der Waals surface area contributed by atoms with Crippen LogP contribution in [0.4, 0.5) is 0 Å². The molecule has 1 N–H and O–H groups in total. The molecule has 0 aliphatic rings. The fourth-order valence-electron chi connectivity index (χ4n) is 0.425. The Morgan fingerprint density at radius 1 is 1.78 bits per heavy atom. The monoisotopic (exact) mass is 141 g/mol. The van der Waals surface area contributed by atoms with E-state index in [1.807, 2.05) is 0 Å². The van der Waals surface area contributed by atoms with Crippen LogP contribution >= 0.6 is 11.8 Å². The average Bonchev–Trinajstić information content (AvgIpc) is 1.88. The first-order chi connectivity index (χ1) is 4.33. The number of thioether (sulfide) groups is 1. The van der Waals surface area contributed by atoms with E-state index in [9.17, 15) is 4.79 Å². The molecule has 0 bridgehead atoms. The Balaban J connectivity index is 3.08. The van der Waals surface area contributed by atoms with E-state index in [1.165, 1.54) is 24.0 Å². The molecule has 1 aromatic heterocycles. The van der Waals surface area contributed by atoms with Gasteiger partial charge in [0.15, 0.2) is 5.16 Å². The summed E-state index contributed by atoms with van der Waals surface area (Å²) in [5.74, 6) is 0. The Kier molecular flexibility index (Phi) is 1.89. The lowest BCUT2D eigenvalue weighted by atomic mass is 10.7. The fraction of sp³-hybridized carbons (Fsp3) is 0. The number of hydrogen-bond acceptors (Lipinski definition) is 3. The minimum absolute atomic E-state index is 0.142. The van der Waals surface area contributed by atoms with E-state index in [1.54, 1.807) is 0 Å². The maximum Gasteiger partial charge on any atom is 0.251 e. The van der Waals surface area contributed by atoms with Crippen molar-refractivity contribution >= 4 is 11.8 Å². The molecule has 0 aliphatic heterocycles. The molecule has 0 spiro atoms. The minimum atomic E-state index is -0.142. The molecular weight excluding hydrogens is 136 g/mol. The van der Waals surface area contributed by atoms with Gasteiger partial charge in [-0.1, -0.05) is 11.8 Å². The van der Waals surface area contributed by atoms with Crippen LogP contribution < -0.4 is 5.56 Å². The second-order valence-electron chi connectivity index (χ2n) is 1.38. The van der Waals surface area contributed by atoms with Crippen molar-refractivity contribution in [3.63, 3.8) is 0 Å². The van der Waals surface area contributed by atoms with Crippen LogP contribution in [0.1, 0.15) is 0 Å². The highest BCUT2D eigenvalue weighted by atomic mass is 32.2. The molecule has 1 radical (unpaired) electrons. The van der Waals surface area contributed by atoms with Crippen LogP contribution in [-0.4, -0.2) is 9.97 Å². The largest absolute Gasteiger partial charge is 0.301 e. The lowest BCUT2D eigenvalue weighted by molar-refractivity contribution is 0.940. The predicted octanol–water partition coefficient (Wildman–Crippen LogP) is 0.654. The van der Waals surface area contributed by atoms with Crippen molar-refractivity contribution in [2.75, 3.05) is 0 Å². The van der Waals surface area contributed by atoms with Gasteiger partial charge in [0, 0.05) is 18.5 Å². The molecule has 0 atom stereocenters. The summed E-state index contributed by atoms with van der Waals surface area (Å²) in [7, 11) is 0. The van der Waals surface area contributed by atoms with Crippen molar-refractivity contribution < 1.29 is 0 Å². The maximum absolute atomic E-state index is 10.5. The molecule has 9 heavy (non-hydrogen) atoms. The van der Waals surface area contributed by atoms with Crippen LogP contribution in [0.5, 0.6) is 0 Å². The first-order valence-corrected chi connectivity index (χ1v) is 3.29. The quantitative estimate of drug-likeness (QED) is 0.461. The number of aromatic amines is 1. The summed E-state index contributed by atoms with van der Waals surface area (Å²) in [5.41, 5.74) is -0.142. The number of H-pyrrole nitrogens is 1. The van der Waals surface area contributed by atoms with Crippen molar-refractivity contribution in [3.8, 4) is 0 Å². The highest BCUT2D eigenvalue weighted by Gasteiger charge is 1.87. The van der Waals surface area contributed by atoms with Gasteiger partial charge < -0.3 is 4.98 Å². The lowest BCUT2D eigenvalue weighted by Gasteiger charge is -1.89. The fourth-order valence-corrected chi connectivity index (χ4v) is 0.734. The summed E-state index contributed by atoms with van der Waals surface area (Å²) in [6.07, 6.45) is 4.93. The third-order valence-corrected chi connectivity index (χ3v) is 1.27. The Hall–Kier alpha value is -0.770. The van der Waals surface area contributed by atoms with Gasteiger partial charge in [0.05, 0.1) is 0 Å². The van der Waals surface area contributed by atoms with Gasteiger partial charge >= 0.3 is 0 Å². The number of nitrogens with zero attached hydrogens (tertiary/aromatic N) is 1. The van der Waals surface area contributed by atoms with E-state index in [0.717, 1.165) is 0 Å². The maximum atomic E-state index is 10.5. The predicted molar refractivity (Wildman–Crippen MR) is 36.1 cm³/mol. The van der Waals surface area contributed by atoms with E-state index in [4.69, 9.17) is 0 Å². The molecule has 0 fully saturated rings. The van der Waals surface area contributed by atoms with Gasteiger partial charge in [-0.25, -0.2) is 4.98 Å². The molecule has 0 unspecified atom stereocenters. The second kappa shape index (κ2) is 2.68. The van der Waals surface area contributed by atoms with E-state index in [2.05, 4.69) is 16.2 Å². The molecular formula is C5H5N2OS. The molecule has 0 aliphatic carbocycles. The van der Waals surface area contributed by atoms with Crippen molar-refractivity contribution in [3.05, 3.63) is 28.9 Å². The van der Waals surface area contributed by atoms with Crippen LogP contribution in [0.15, 0.2) is 22.2 Å². The van der Waals surface area contributed by atoms with Gasteiger partial charge in [0.25, 0.3) is 5.56 Å². The molecule has 3 nitrogen and oxygen atoms in total. The van der Waals surface area contributed by atoms with Crippen LogP contribution in [0.2, 0.25) is 0 Å². The molecule has 0 saturated heterocycles. The molecule has 0 aromatic carbocycles. The Labute approximate surface area is 56.5 Å². The summed E-state index contributed by atoms with van der Waals surface area (Å²) in [6, 6.07) is 1.36. The first-order valence-electron chi connectivity index (χ1n) is 2.30. The van der Waals surface area contributed by atoms with Crippen LogP contribution in [0.3, 0.4) is 0 Å². The Morgan fingerprint density at radius 3 is 3.00 bits per heavy atom. The molecule has 1 aromatic rings. The normalized spacial score (nSPS) is 9.44. The summed E-state index contributed by atoms with van der Waals surface area (Å²) in [4.78, 5) is 16.8. The number of rotatable bonds is 1. The average molecular weight is 141 g/mol. The lowest BCUT2D eigenvalue weighted by Crippen LogP contribution is -2.04. The van der Waals surface area contributed by atoms with Gasteiger partial charge in [0.2, 0.25) is 0 Å². The summed E-state index contributed by atoms with van der Waals surface area (Å²) in [6.45, 7) is 0. The topological polar surface area (TPSA) is 45.8 Å². The van der Waals surface area contributed by atoms with E-state index in [-0.39, 0.29) is 5.56 Å². The Morgan fingerprint density at radius 2 is 2.56 bits per heavy atom. The molecule has 1 heterocycles. The SMILES string of the molecule is [CH2]Sc1nccc(=O)[nH]1. The summed E-state index contributed by atoms with van der Waals surface area (Å²) >= 11 is 1.17. The first kappa shape index (κ1) is 6.35. The van der Waals surface area contributed by atoms with Crippen LogP contribution in [0, 0.1) is 6.26 Å².